The molecule has 0 heterocycles. The van der Waals surface area contributed by atoms with Crippen molar-refractivity contribution in [1.29, 1.82) is 0 Å². The van der Waals surface area contributed by atoms with Crippen LogP contribution in [0.3, 0.4) is 0 Å². The first kappa shape index (κ1) is 13.9. The lowest BCUT2D eigenvalue weighted by molar-refractivity contribution is -0.139. The number of carbonyl (C=O) groups is 2. The van der Waals surface area contributed by atoms with E-state index in [2.05, 4.69) is 5.32 Å². The number of aliphatic carboxylic acids is 1. The van der Waals surface area contributed by atoms with Gasteiger partial charge in [-0.1, -0.05) is 6.42 Å². The van der Waals surface area contributed by atoms with Gasteiger partial charge in [0.1, 0.15) is 6.04 Å². The number of unbranched alkanes of at least 4 members (excludes halogenated alkanes) is 1. The monoisotopic (exact) mass is 216 g/mol. The summed E-state index contributed by atoms with van der Waals surface area (Å²) in [4.78, 5) is 23.4. The van der Waals surface area contributed by atoms with Crippen LogP contribution in [0.25, 0.3) is 0 Å². The number of likely N-dealkylation sites (N-methyl/N-ethyl adjacent to an activating group) is 1. The van der Waals surface area contributed by atoms with Crippen molar-refractivity contribution in [3.63, 3.8) is 0 Å². The maximum absolute atomic E-state index is 11.2. The molecule has 0 spiro atoms. The fraction of sp³-hybridized carbons (Fsp3) is 0.800. The average molecular weight is 216 g/mol. The van der Waals surface area contributed by atoms with E-state index in [0.29, 0.717) is 12.8 Å². The van der Waals surface area contributed by atoms with E-state index in [1.165, 1.54) is 0 Å². The number of nitrogens with one attached hydrogen (secondary N) is 1. The molecule has 2 N–H and O–H groups in total. The molecular weight excluding hydrogens is 196 g/mol. The summed E-state index contributed by atoms with van der Waals surface area (Å²) in [6, 6.07) is -0.501. The summed E-state index contributed by atoms with van der Waals surface area (Å²) in [7, 11) is 5.07. The molecule has 0 saturated heterocycles. The number of hydrogen-bond acceptors (Lipinski definition) is 3. The number of hydrogen-bond donors (Lipinski definition) is 2. The minimum absolute atomic E-state index is 0.0892. The van der Waals surface area contributed by atoms with Crippen LogP contribution in [0.5, 0.6) is 0 Å². The van der Waals surface area contributed by atoms with E-state index in [1.807, 2.05) is 0 Å². The molecule has 0 rings (SSSR count). The summed E-state index contributed by atoms with van der Waals surface area (Å²) < 4.78 is 0. The van der Waals surface area contributed by atoms with Crippen molar-refractivity contribution in [1.82, 2.24) is 10.2 Å². The molecule has 5 nitrogen and oxygen atoms in total. The lowest BCUT2D eigenvalue weighted by atomic mass is 10.1. The molecule has 0 fully saturated rings. The quantitative estimate of drug-likeness (QED) is 0.601. The molecule has 0 aromatic carbocycles. The molecular formula is C10H20N2O3. The molecule has 15 heavy (non-hydrogen) atoms. The van der Waals surface area contributed by atoms with Crippen LogP contribution < -0.4 is 5.32 Å². The van der Waals surface area contributed by atoms with Crippen LogP contribution in [0.15, 0.2) is 0 Å². The van der Waals surface area contributed by atoms with Gasteiger partial charge in [0, 0.05) is 20.5 Å². The van der Waals surface area contributed by atoms with Gasteiger partial charge < -0.3 is 15.3 Å². The minimum Gasteiger partial charge on any atom is -0.480 e. The summed E-state index contributed by atoms with van der Waals surface area (Å²) in [6.07, 6.45) is 2.54. The van der Waals surface area contributed by atoms with Gasteiger partial charge in [-0.15, -0.1) is 0 Å². The maximum atomic E-state index is 11.2. The predicted octanol–water partition coefficient (Wildman–Crippen LogP) is 0.308. The van der Waals surface area contributed by atoms with Gasteiger partial charge in [-0.25, -0.2) is 0 Å². The van der Waals surface area contributed by atoms with Gasteiger partial charge >= 0.3 is 5.97 Å². The van der Waals surface area contributed by atoms with Gasteiger partial charge in [0.05, 0.1) is 0 Å². The number of carbonyl (C=O) groups excluding carboxylic acids is 1. The second-order valence-electron chi connectivity index (χ2n) is 3.71. The second kappa shape index (κ2) is 7.23. The number of amides is 1. The molecule has 0 aliphatic carbocycles. The van der Waals surface area contributed by atoms with Crippen LogP contribution in [0.1, 0.15) is 25.7 Å². The molecule has 1 amide bonds. The topological polar surface area (TPSA) is 69.6 Å². The normalized spacial score (nSPS) is 12.2. The lowest BCUT2D eigenvalue weighted by Gasteiger charge is -2.12. The zero-order valence-corrected chi connectivity index (χ0v) is 9.62. The Kier molecular flexibility index (Phi) is 6.70. The third-order valence-corrected chi connectivity index (χ3v) is 2.28. The Morgan fingerprint density at radius 2 is 1.93 bits per heavy atom. The Labute approximate surface area is 90.5 Å². The molecule has 0 unspecified atom stereocenters. The van der Waals surface area contributed by atoms with Crippen molar-refractivity contribution in [3.05, 3.63) is 0 Å². The van der Waals surface area contributed by atoms with Gasteiger partial charge in [0.25, 0.3) is 0 Å². The van der Waals surface area contributed by atoms with E-state index >= 15 is 0 Å². The van der Waals surface area contributed by atoms with Crippen LogP contribution in [0.2, 0.25) is 0 Å². The molecule has 0 aliphatic heterocycles. The van der Waals surface area contributed by atoms with Crippen LogP contribution >= 0.6 is 0 Å². The first-order valence-electron chi connectivity index (χ1n) is 5.09. The predicted molar refractivity (Wildman–Crippen MR) is 57.6 cm³/mol. The molecule has 0 radical (unpaired) electrons. The second-order valence-corrected chi connectivity index (χ2v) is 3.71. The van der Waals surface area contributed by atoms with E-state index in [1.54, 1.807) is 26.0 Å². The molecule has 0 aliphatic rings. The SMILES string of the molecule is CN[C@@H](CCCCC(=O)N(C)C)C(=O)O. The van der Waals surface area contributed by atoms with E-state index in [4.69, 9.17) is 5.11 Å². The van der Waals surface area contributed by atoms with E-state index < -0.39 is 12.0 Å². The van der Waals surface area contributed by atoms with Crippen LogP contribution in [0.4, 0.5) is 0 Å². The Bertz CT molecular complexity index is 217. The van der Waals surface area contributed by atoms with Crippen molar-refractivity contribution < 1.29 is 14.7 Å². The number of nitrogens with zero attached hydrogens (tertiary/aromatic N) is 1. The molecule has 0 aromatic rings. The highest BCUT2D eigenvalue weighted by molar-refractivity contribution is 5.75. The summed E-state index contributed by atoms with van der Waals surface area (Å²) >= 11 is 0. The number of carboxylic acids is 1. The average Bonchev–Trinajstić information content (AvgIpc) is 2.16. The fourth-order valence-electron chi connectivity index (χ4n) is 1.24. The number of carboxylic acid groups (broad SMARTS) is 1. The van der Waals surface area contributed by atoms with Crippen molar-refractivity contribution in [2.45, 2.75) is 31.7 Å². The van der Waals surface area contributed by atoms with Crippen LogP contribution in [-0.2, 0) is 9.59 Å². The highest BCUT2D eigenvalue weighted by Gasteiger charge is 2.14. The van der Waals surface area contributed by atoms with Gasteiger partial charge in [-0.05, 0) is 19.9 Å². The Balaban J connectivity index is 3.61. The molecule has 0 bridgehead atoms. The molecule has 0 aromatic heterocycles. The van der Waals surface area contributed by atoms with Gasteiger partial charge in [-0.3, -0.25) is 9.59 Å². The van der Waals surface area contributed by atoms with Crippen LogP contribution in [0, 0.1) is 0 Å². The van der Waals surface area contributed by atoms with Gasteiger partial charge in [-0.2, -0.15) is 0 Å². The van der Waals surface area contributed by atoms with E-state index in [0.717, 1.165) is 12.8 Å². The maximum Gasteiger partial charge on any atom is 0.320 e. The zero-order valence-electron chi connectivity index (χ0n) is 9.62. The summed E-state index contributed by atoms with van der Waals surface area (Å²) in [5, 5.41) is 11.4. The lowest BCUT2D eigenvalue weighted by Crippen LogP contribution is -2.33. The fourth-order valence-corrected chi connectivity index (χ4v) is 1.24. The minimum atomic E-state index is -0.837. The van der Waals surface area contributed by atoms with Crippen molar-refractivity contribution in [2.75, 3.05) is 21.1 Å². The van der Waals surface area contributed by atoms with Gasteiger partial charge in [0.2, 0.25) is 5.91 Å². The van der Waals surface area contributed by atoms with Crippen molar-refractivity contribution in [2.24, 2.45) is 0 Å². The van der Waals surface area contributed by atoms with Gasteiger partial charge in [0.15, 0.2) is 0 Å². The Hall–Kier alpha value is -1.10. The third kappa shape index (κ3) is 6.06. The van der Waals surface area contributed by atoms with Crippen LogP contribution in [-0.4, -0.2) is 49.1 Å². The summed E-state index contributed by atoms with van der Waals surface area (Å²) in [5.41, 5.74) is 0. The molecule has 88 valence electrons. The molecule has 5 heteroatoms. The Morgan fingerprint density at radius 1 is 1.33 bits per heavy atom. The Morgan fingerprint density at radius 3 is 2.33 bits per heavy atom. The van der Waals surface area contributed by atoms with E-state index in [9.17, 15) is 9.59 Å². The standard InChI is InChI=1S/C10H20N2O3/c1-11-8(10(14)15)6-4-5-7-9(13)12(2)3/h8,11H,4-7H2,1-3H3,(H,14,15)/t8-/m0/s1. The third-order valence-electron chi connectivity index (χ3n) is 2.28. The zero-order chi connectivity index (χ0) is 11.8. The van der Waals surface area contributed by atoms with Crippen molar-refractivity contribution >= 4 is 11.9 Å². The van der Waals surface area contributed by atoms with Crippen molar-refractivity contribution in [3.8, 4) is 0 Å². The first-order valence-corrected chi connectivity index (χ1v) is 5.09. The largest absolute Gasteiger partial charge is 0.480 e. The highest BCUT2D eigenvalue weighted by atomic mass is 16.4. The number of rotatable bonds is 7. The highest BCUT2D eigenvalue weighted by Crippen LogP contribution is 2.05. The smallest absolute Gasteiger partial charge is 0.320 e. The molecule has 1 atom stereocenters. The molecule has 0 saturated carbocycles. The summed E-state index contributed by atoms with van der Waals surface area (Å²) in [5.74, 6) is -0.747. The first-order chi connectivity index (χ1) is 6.99. The summed E-state index contributed by atoms with van der Waals surface area (Å²) in [6.45, 7) is 0. The van der Waals surface area contributed by atoms with E-state index in [-0.39, 0.29) is 5.91 Å².